The molecule has 0 spiro atoms. The topological polar surface area (TPSA) is 86.7 Å². The molecule has 0 saturated carbocycles. The summed E-state index contributed by atoms with van der Waals surface area (Å²) in [6.07, 6.45) is 2.71. The van der Waals surface area contributed by atoms with Gasteiger partial charge in [-0.1, -0.05) is 43.3 Å². The maximum Gasteiger partial charge on any atom is 0.326 e. The van der Waals surface area contributed by atoms with Crippen molar-refractivity contribution < 1.29 is 19.5 Å². The van der Waals surface area contributed by atoms with Crippen molar-refractivity contribution in [1.29, 1.82) is 0 Å². The lowest BCUT2D eigenvalue weighted by Crippen LogP contribution is -2.48. The van der Waals surface area contributed by atoms with Crippen molar-refractivity contribution in [3.63, 3.8) is 0 Å². The Balaban J connectivity index is 1.76. The number of carboxylic acids is 1. The van der Waals surface area contributed by atoms with Crippen LogP contribution in [-0.4, -0.2) is 40.4 Å². The molecular weight excluding hydrogens is 368 g/mol. The lowest BCUT2D eigenvalue weighted by Gasteiger charge is -2.33. The molecule has 1 aliphatic rings. The van der Waals surface area contributed by atoms with Gasteiger partial charge < -0.3 is 15.3 Å². The Morgan fingerprint density at radius 2 is 1.86 bits per heavy atom. The molecule has 2 amide bonds. The number of benzene rings is 2. The lowest BCUT2D eigenvalue weighted by atomic mass is 9.95. The maximum absolute atomic E-state index is 12.9. The van der Waals surface area contributed by atoms with Gasteiger partial charge in [0.05, 0.1) is 5.92 Å². The Kier molecular flexibility index (Phi) is 6.65. The summed E-state index contributed by atoms with van der Waals surface area (Å²) >= 11 is 0. The summed E-state index contributed by atoms with van der Waals surface area (Å²) in [6, 6.07) is 15.5. The molecule has 6 nitrogen and oxygen atoms in total. The zero-order valence-corrected chi connectivity index (χ0v) is 16.5. The highest BCUT2D eigenvalue weighted by molar-refractivity contribution is 6.00. The molecule has 1 aliphatic heterocycles. The Morgan fingerprint density at radius 3 is 2.55 bits per heavy atom. The normalized spacial score (nSPS) is 17.4. The van der Waals surface area contributed by atoms with Gasteiger partial charge in [0.25, 0.3) is 5.91 Å². The summed E-state index contributed by atoms with van der Waals surface area (Å²) in [7, 11) is 0. The molecule has 2 aromatic carbocycles. The van der Waals surface area contributed by atoms with Crippen LogP contribution in [0.2, 0.25) is 0 Å². The van der Waals surface area contributed by atoms with E-state index in [2.05, 4.69) is 5.32 Å². The molecule has 29 heavy (non-hydrogen) atoms. The third-order valence-corrected chi connectivity index (χ3v) is 5.35. The first-order chi connectivity index (χ1) is 14.0. The first-order valence-electron chi connectivity index (χ1n) is 10.0. The van der Waals surface area contributed by atoms with Gasteiger partial charge >= 0.3 is 5.97 Å². The van der Waals surface area contributed by atoms with Crippen molar-refractivity contribution in [2.45, 2.75) is 44.6 Å². The van der Waals surface area contributed by atoms with Gasteiger partial charge in [0.15, 0.2) is 0 Å². The van der Waals surface area contributed by atoms with Crippen molar-refractivity contribution >= 4 is 23.5 Å². The van der Waals surface area contributed by atoms with E-state index in [0.717, 1.165) is 18.4 Å². The standard InChI is InChI=1S/C23H26N2O4/c1-2-19(16-9-4-3-5-10-16)21(26)24-18-12-8-11-17(15-18)22(27)25-14-7-6-13-20(25)23(28)29/h3-5,8-12,15,19-20H,2,6-7,13-14H2,1H3,(H,24,26)(H,28,29). The van der Waals surface area contributed by atoms with Crippen LogP contribution < -0.4 is 5.32 Å². The zero-order chi connectivity index (χ0) is 20.8. The van der Waals surface area contributed by atoms with Crippen molar-refractivity contribution in [3.05, 3.63) is 65.7 Å². The molecule has 3 rings (SSSR count). The van der Waals surface area contributed by atoms with Crippen LogP contribution in [0.1, 0.15) is 54.4 Å². The number of amides is 2. The highest BCUT2D eigenvalue weighted by Crippen LogP contribution is 2.24. The number of likely N-dealkylation sites (tertiary alicyclic amines) is 1. The summed E-state index contributed by atoms with van der Waals surface area (Å²) in [4.78, 5) is 38.6. The molecule has 2 aromatic rings. The number of hydrogen-bond donors (Lipinski definition) is 2. The van der Waals surface area contributed by atoms with Gasteiger partial charge in [-0.25, -0.2) is 4.79 Å². The van der Waals surface area contributed by atoms with Gasteiger partial charge in [-0.2, -0.15) is 0 Å². The first-order valence-corrected chi connectivity index (χ1v) is 10.0. The Hall–Kier alpha value is -3.15. The Morgan fingerprint density at radius 1 is 1.10 bits per heavy atom. The van der Waals surface area contributed by atoms with Gasteiger partial charge in [0.2, 0.25) is 5.91 Å². The fourth-order valence-electron chi connectivity index (χ4n) is 3.81. The van der Waals surface area contributed by atoms with E-state index in [1.165, 1.54) is 4.90 Å². The molecule has 0 aliphatic carbocycles. The average Bonchev–Trinajstić information content (AvgIpc) is 2.74. The summed E-state index contributed by atoms with van der Waals surface area (Å²) < 4.78 is 0. The second kappa shape index (κ2) is 9.37. The van der Waals surface area contributed by atoms with E-state index in [1.807, 2.05) is 37.3 Å². The summed E-state index contributed by atoms with van der Waals surface area (Å²) in [5, 5.41) is 12.3. The molecule has 2 unspecified atom stereocenters. The predicted octanol–water partition coefficient (Wildman–Crippen LogP) is 3.90. The van der Waals surface area contributed by atoms with Crippen molar-refractivity contribution in [3.8, 4) is 0 Å². The maximum atomic E-state index is 12.9. The smallest absolute Gasteiger partial charge is 0.326 e. The van der Waals surface area contributed by atoms with Gasteiger partial charge in [-0.05, 0) is 49.4 Å². The van der Waals surface area contributed by atoms with Crippen LogP contribution in [-0.2, 0) is 9.59 Å². The Bertz CT molecular complexity index is 881. The minimum absolute atomic E-state index is 0.135. The molecule has 2 atom stereocenters. The van der Waals surface area contributed by atoms with Crippen LogP contribution in [0.25, 0.3) is 0 Å². The number of carboxylic acid groups (broad SMARTS) is 1. The lowest BCUT2D eigenvalue weighted by molar-refractivity contribution is -0.143. The second-order valence-corrected chi connectivity index (χ2v) is 7.29. The number of piperidine rings is 1. The fourth-order valence-corrected chi connectivity index (χ4v) is 3.81. The number of aliphatic carboxylic acids is 1. The number of rotatable bonds is 6. The van der Waals surface area contributed by atoms with Crippen molar-refractivity contribution in [1.82, 2.24) is 4.90 Å². The minimum Gasteiger partial charge on any atom is -0.480 e. The van der Waals surface area contributed by atoms with E-state index in [9.17, 15) is 19.5 Å². The van der Waals surface area contributed by atoms with Crippen LogP contribution >= 0.6 is 0 Å². The zero-order valence-electron chi connectivity index (χ0n) is 16.5. The van der Waals surface area contributed by atoms with E-state index < -0.39 is 12.0 Å². The third kappa shape index (κ3) is 4.83. The average molecular weight is 394 g/mol. The van der Waals surface area contributed by atoms with Gasteiger partial charge in [0, 0.05) is 17.8 Å². The van der Waals surface area contributed by atoms with E-state index in [0.29, 0.717) is 30.6 Å². The third-order valence-electron chi connectivity index (χ3n) is 5.35. The van der Waals surface area contributed by atoms with Crippen LogP contribution in [0, 0.1) is 0 Å². The monoisotopic (exact) mass is 394 g/mol. The van der Waals surface area contributed by atoms with Crippen LogP contribution in [0.5, 0.6) is 0 Å². The van der Waals surface area contributed by atoms with E-state index >= 15 is 0 Å². The summed E-state index contributed by atoms with van der Waals surface area (Å²) in [5.74, 6) is -1.71. The van der Waals surface area contributed by atoms with Gasteiger partial charge in [-0.3, -0.25) is 9.59 Å². The largest absolute Gasteiger partial charge is 0.480 e. The molecule has 0 radical (unpaired) electrons. The molecular formula is C23H26N2O4. The first kappa shape index (κ1) is 20.6. The molecule has 0 bridgehead atoms. The van der Waals surface area contributed by atoms with E-state index in [4.69, 9.17) is 0 Å². The highest BCUT2D eigenvalue weighted by atomic mass is 16.4. The number of anilines is 1. The fraction of sp³-hybridized carbons (Fsp3) is 0.348. The minimum atomic E-state index is -0.976. The van der Waals surface area contributed by atoms with Crippen LogP contribution in [0.3, 0.4) is 0 Å². The quantitative estimate of drug-likeness (QED) is 0.778. The highest BCUT2D eigenvalue weighted by Gasteiger charge is 2.32. The number of nitrogens with zero attached hydrogens (tertiary/aromatic N) is 1. The number of hydrogen-bond acceptors (Lipinski definition) is 3. The van der Waals surface area contributed by atoms with E-state index in [1.54, 1.807) is 24.3 Å². The Labute approximate surface area is 170 Å². The molecule has 0 aromatic heterocycles. The number of carbonyl (C=O) groups excluding carboxylic acids is 2. The molecule has 2 N–H and O–H groups in total. The van der Waals surface area contributed by atoms with Crippen LogP contribution in [0.4, 0.5) is 5.69 Å². The molecule has 1 heterocycles. The second-order valence-electron chi connectivity index (χ2n) is 7.29. The molecule has 152 valence electrons. The van der Waals surface area contributed by atoms with Crippen molar-refractivity contribution in [2.75, 3.05) is 11.9 Å². The number of nitrogens with one attached hydrogen (secondary N) is 1. The molecule has 1 fully saturated rings. The summed E-state index contributed by atoms with van der Waals surface area (Å²) in [5.41, 5.74) is 1.85. The van der Waals surface area contributed by atoms with Gasteiger partial charge in [0.1, 0.15) is 6.04 Å². The summed E-state index contributed by atoms with van der Waals surface area (Å²) in [6.45, 7) is 2.39. The van der Waals surface area contributed by atoms with Crippen molar-refractivity contribution in [2.24, 2.45) is 0 Å². The SMILES string of the molecule is CCC(C(=O)Nc1cccc(C(=O)N2CCCCC2C(=O)O)c1)c1ccccc1. The molecule has 6 heteroatoms. The predicted molar refractivity (Wildman–Crippen MR) is 111 cm³/mol. The molecule has 1 saturated heterocycles. The number of carbonyl (C=O) groups is 3. The van der Waals surface area contributed by atoms with Crippen LogP contribution in [0.15, 0.2) is 54.6 Å². The van der Waals surface area contributed by atoms with Gasteiger partial charge in [-0.15, -0.1) is 0 Å². The van der Waals surface area contributed by atoms with E-state index in [-0.39, 0.29) is 17.7 Å².